The molecular formula is C52H82N2O19. The SMILES string of the molecule is CC[C@H]1OC(=O)C[C@@H](O)[C@H](C)[C@@H](O[C@@H]2O[C@H](C)[C@@H](O[C@H]3C[C@@](C)(O)[C@@H](O)[C@H](C)O3)[C@H](N(C)C)[C@H]2O)[C@@H](CC=O)C[C@@H](C)C(=O)/C=C/C(C)=C/C1CO[C@@H]1O[C@H](C)[C@@H](O)[C@@H](OC)[C@H]1OC.O=C(O)c1cccnc1. The second-order valence-corrected chi connectivity index (χ2v) is 20.3. The van der Waals surface area contributed by atoms with Crippen molar-refractivity contribution in [2.75, 3.05) is 34.9 Å². The number of allylic oxidation sites excluding steroid dienone is 3. The number of esters is 1. The van der Waals surface area contributed by atoms with E-state index in [4.69, 9.17) is 47.7 Å². The number of aromatic carboxylic acids is 1. The van der Waals surface area contributed by atoms with E-state index in [1.807, 2.05) is 19.9 Å². The van der Waals surface area contributed by atoms with Gasteiger partial charge in [0.05, 0.1) is 60.8 Å². The fourth-order valence-electron chi connectivity index (χ4n) is 10.00. The van der Waals surface area contributed by atoms with Crippen LogP contribution in [0.2, 0.25) is 0 Å². The average Bonchev–Trinajstić information content (AvgIpc) is 3.33. The third-order valence-electron chi connectivity index (χ3n) is 14.3. The van der Waals surface area contributed by atoms with Crippen LogP contribution in [0.25, 0.3) is 0 Å². The summed E-state index contributed by atoms with van der Waals surface area (Å²) in [5, 5.41) is 64.1. The quantitative estimate of drug-likeness (QED) is 0.115. The predicted octanol–water partition coefficient (Wildman–Crippen LogP) is 2.61. The third kappa shape index (κ3) is 16.7. The summed E-state index contributed by atoms with van der Waals surface area (Å²) in [7, 11) is 6.43. The molecule has 5 heterocycles. The Balaban J connectivity index is 0.00000115. The second-order valence-electron chi connectivity index (χ2n) is 20.3. The van der Waals surface area contributed by atoms with Crippen molar-refractivity contribution in [3.63, 3.8) is 0 Å². The minimum Gasteiger partial charge on any atom is -0.478 e. The Labute approximate surface area is 429 Å². The van der Waals surface area contributed by atoms with Crippen molar-refractivity contribution in [2.24, 2.45) is 23.7 Å². The van der Waals surface area contributed by atoms with Gasteiger partial charge in [-0.3, -0.25) is 14.6 Å². The number of hydrogen-bond acceptors (Lipinski definition) is 20. The number of ether oxygens (including phenoxy) is 9. The number of carboxylic acids is 1. The molecule has 4 aliphatic rings. The van der Waals surface area contributed by atoms with Gasteiger partial charge in [0.1, 0.15) is 49.0 Å². The summed E-state index contributed by atoms with van der Waals surface area (Å²) in [6.07, 6.45) is -5.65. The first kappa shape index (κ1) is 61.9. The highest BCUT2D eigenvalue weighted by atomic mass is 16.7. The van der Waals surface area contributed by atoms with Gasteiger partial charge in [-0.05, 0) is 85.7 Å². The van der Waals surface area contributed by atoms with Crippen LogP contribution >= 0.6 is 0 Å². The molecule has 0 aromatic carbocycles. The van der Waals surface area contributed by atoms with E-state index in [1.165, 1.54) is 45.7 Å². The molecule has 1 unspecified atom stereocenters. The van der Waals surface area contributed by atoms with Crippen molar-refractivity contribution < 1.29 is 92.4 Å². The fourth-order valence-corrected chi connectivity index (χ4v) is 10.00. The number of aromatic nitrogens is 1. The first-order valence-corrected chi connectivity index (χ1v) is 25.1. The number of likely N-dealkylation sites (N-methyl/N-ethyl adjacent to an activating group) is 1. The van der Waals surface area contributed by atoms with Gasteiger partial charge in [-0.15, -0.1) is 0 Å². The normalized spacial score (nSPS) is 41.4. The van der Waals surface area contributed by atoms with E-state index in [2.05, 4.69) is 4.98 Å². The van der Waals surface area contributed by atoms with E-state index in [-0.39, 0.29) is 37.2 Å². The van der Waals surface area contributed by atoms with Gasteiger partial charge in [0.25, 0.3) is 0 Å². The van der Waals surface area contributed by atoms with Gasteiger partial charge >= 0.3 is 11.9 Å². The Bertz CT molecular complexity index is 1950. The van der Waals surface area contributed by atoms with Crippen molar-refractivity contribution in [1.82, 2.24) is 9.88 Å². The summed E-state index contributed by atoms with van der Waals surface area (Å²) in [6.45, 7) is 13.6. The van der Waals surface area contributed by atoms with Gasteiger partial charge in [-0.2, -0.15) is 0 Å². The Morgan fingerprint density at radius 2 is 1.58 bits per heavy atom. The number of carbonyl (C=O) groups is 4. The second kappa shape index (κ2) is 28.5. The average molecular weight is 1040 g/mol. The number of aldehydes is 1. The standard InChI is InChI=1S/C46H77NO17.C6H5NO2/c1-13-33-30(22-58-45-42(57-12)41(56-11)37(52)26(5)60-45)18-23(2)14-15-31(49)24(3)19-29(16-17-48)39(25(4)32(50)20-34(51)62-33)64-44-38(53)36(47(9)10)40(27(6)61-44)63-35-21-46(8,55)43(54)28(7)59-35;8-6(9)5-2-1-3-7-4-5/h14-15,17-18,24-30,32-33,35-45,50,52-55H,13,16,19-22H2,1-12H3;1-4H,(H,8,9)/b15-14+,23-18+;/t24-,25+,26-,27-,28+,29+,30?,32-,33-,35+,36-,37-,38-,39-,40-,41-,42-,43+,44+,45-,46-;/m1./s1. The zero-order valence-electron chi connectivity index (χ0n) is 44.3. The zero-order chi connectivity index (χ0) is 54.5. The highest BCUT2D eigenvalue weighted by Gasteiger charge is 2.52. The van der Waals surface area contributed by atoms with Gasteiger partial charge < -0.3 is 83.0 Å². The maximum absolute atomic E-state index is 13.8. The molecule has 21 heteroatoms. The van der Waals surface area contributed by atoms with E-state index >= 15 is 0 Å². The molecule has 414 valence electrons. The van der Waals surface area contributed by atoms with Crippen LogP contribution in [0.1, 0.15) is 97.9 Å². The summed E-state index contributed by atoms with van der Waals surface area (Å²) < 4.78 is 54.7. The van der Waals surface area contributed by atoms with Crippen molar-refractivity contribution in [3.05, 3.63) is 53.9 Å². The number of carbonyl (C=O) groups excluding carboxylic acids is 3. The van der Waals surface area contributed by atoms with E-state index in [0.717, 1.165) is 6.29 Å². The topological polar surface area (TPSA) is 289 Å². The Hall–Kier alpha value is -3.65. The molecule has 1 aromatic heterocycles. The Morgan fingerprint density at radius 1 is 0.904 bits per heavy atom. The molecule has 0 spiro atoms. The minimum absolute atomic E-state index is 0.00788. The lowest BCUT2D eigenvalue weighted by molar-refractivity contribution is -0.341. The number of ketones is 1. The van der Waals surface area contributed by atoms with Crippen LogP contribution in [0.4, 0.5) is 0 Å². The lowest BCUT2D eigenvalue weighted by Crippen LogP contribution is -2.65. The molecule has 0 amide bonds. The summed E-state index contributed by atoms with van der Waals surface area (Å²) in [4.78, 5) is 55.3. The predicted molar refractivity (Wildman–Crippen MR) is 262 cm³/mol. The van der Waals surface area contributed by atoms with Crippen molar-refractivity contribution in [3.8, 4) is 0 Å². The molecule has 4 aliphatic heterocycles. The molecular weight excluding hydrogens is 957 g/mol. The Kier molecular flexibility index (Phi) is 24.1. The molecule has 1 aromatic rings. The van der Waals surface area contributed by atoms with Crippen LogP contribution in [0.15, 0.2) is 48.3 Å². The number of aliphatic hydroxyl groups is 5. The van der Waals surface area contributed by atoms with Gasteiger partial charge in [-0.25, -0.2) is 4.79 Å². The van der Waals surface area contributed by atoms with Gasteiger partial charge in [-0.1, -0.05) is 38.5 Å². The largest absolute Gasteiger partial charge is 0.478 e. The number of nitrogens with zero attached hydrogens (tertiary/aromatic N) is 2. The van der Waals surface area contributed by atoms with Crippen molar-refractivity contribution in [1.29, 1.82) is 0 Å². The first-order chi connectivity index (χ1) is 34.4. The maximum atomic E-state index is 13.8. The number of carboxylic acid groups (broad SMARTS) is 1. The first-order valence-electron chi connectivity index (χ1n) is 25.1. The molecule has 6 N–H and O–H groups in total. The lowest BCUT2D eigenvalue weighted by Gasteiger charge is -2.50. The van der Waals surface area contributed by atoms with Gasteiger partial charge in [0, 0.05) is 57.2 Å². The van der Waals surface area contributed by atoms with E-state index in [9.17, 15) is 44.7 Å². The van der Waals surface area contributed by atoms with E-state index < -0.39 is 146 Å². The monoisotopic (exact) mass is 1040 g/mol. The van der Waals surface area contributed by atoms with Crippen LogP contribution in [-0.2, 0) is 57.0 Å². The molecule has 0 radical (unpaired) electrons. The molecule has 3 fully saturated rings. The summed E-state index contributed by atoms with van der Waals surface area (Å²) in [5.41, 5.74) is -0.586. The van der Waals surface area contributed by atoms with E-state index in [1.54, 1.807) is 65.8 Å². The number of methoxy groups -OCH3 is 2. The fraction of sp³-hybridized carbons (Fsp3) is 0.750. The number of rotatable bonds is 14. The lowest BCUT2D eigenvalue weighted by atomic mass is 9.79. The molecule has 3 saturated heterocycles. The summed E-state index contributed by atoms with van der Waals surface area (Å²) >= 11 is 0. The zero-order valence-corrected chi connectivity index (χ0v) is 44.3. The van der Waals surface area contributed by atoms with Crippen LogP contribution in [0.3, 0.4) is 0 Å². The summed E-state index contributed by atoms with van der Waals surface area (Å²) in [6, 6.07) is 2.33. The van der Waals surface area contributed by atoms with Crippen molar-refractivity contribution >= 4 is 24.0 Å². The minimum atomic E-state index is -1.49. The van der Waals surface area contributed by atoms with Gasteiger partial charge in [0.15, 0.2) is 24.7 Å². The van der Waals surface area contributed by atoms with Gasteiger partial charge in [0.2, 0.25) is 0 Å². The van der Waals surface area contributed by atoms with Crippen LogP contribution in [0, 0.1) is 23.7 Å². The molecule has 21 nitrogen and oxygen atoms in total. The smallest absolute Gasteiger partial charge is 0.337 e. The molecule has 73 heavy (non-hydrogen) atoms. The number of cyclic esters (lactones) is 1. The molecule has 21 atom stereocenters. The van der Waals surface area contributed by atoms with Crippen LogP contribution < -0.4 is 0 Å². The number of hydrogen-bond donors (Lipinski definition) is 6. The van der Waals surface area contributed by atoms with Crippen LogP contribution in [-0.4, -0.2) is 203 Å². The molecule has 0 aliphatic carbocycles. The maximum Gasteiger partial charge on any atom is 0.337 e. The molecule has 5 rings (SSSR count). The highest BCUT2D eigenvalue weighted by molar-refractivity contribution is 5.91. The number of aliphatic hydroxyl groups excluding tert-OH is 4. The third-order valence-corrected chi connectivity index (χ3v) is 14.3. The van der Waals surface area contributed by atoms with Crippen LogP contribution in [0.5, 0.6) is 0 Å². The van der Waals surface area contributed by atoms with Crippen molar-refractivity contribution in [2.45, 2.75) is 191 Å². The number of pyridine rings is 1. The Morgan fingerprint density at radius 3 is 2.14 bits per heavy atom. The molecule has 0 saturated carbocycles. The summed E-state index contributed by atoms with van der Waals surface area (Å²) in [5.74, 6) is -4.53. The highest BCUT2D eigenvalue weighted by Crippen LogP contribution is 2.37. The van der Waals surface area contributed by atoms with E-state index in [0.29, 0.717) is 12.0 Å². The molecule has 0 bridgehead atoms.